The SMILES string of the molecule is CCOCOC(=O)[C@]12CC[C@@H](C)[C@H](C)[C@H]1C1=CC[C@@H]3[C@@]4(C)CC[C@H](OC(C)=O)[C@@](C)(COC(C)=O)[C@@H]4CC[C@@]3(C)[C@]1(C)CC2. The van der Waals surface area contributed by atoms with Crippen LogP contribution in [0.5, 0.6) is 0 Å². The predicted molar refractivity (Wildman–Crippen MR) is 168 cm³/mol. The van der Waals surface area contributed by atoms with Crippen molar-refractivity contribution >= 4 is 17.9 Å². The zero-order valence-corrected chi connectivity index (χ0v) is 28.9. The molecule has 0 bridgehead atoms. The molecule has 4 fully saturated rings. The van der Waals surface area contributed by atoms with Crippen molar-refractivity contribution in [2.45, 2.75) is 126 Å². The van der Waals surface area contributed by atoms with Crippen LogP contribution in [0.4, 0.5) is 0 Å². The predicted octanol–water partition coefficient (Wildman–Crippen LogP) is 7.66. The van der Waals surface area contributed by atoms with Gasteiger partial charge < -0.3 is 18.9 Å². The smallest absolute Gasteiger partial charge is 0.314 e. The molecule has 0 aromatic rings. The molecule has 7 heteroatoms. The van der Waals surface area contributed by atoms with Crippen LogP contribution in [-0.2, 0) is 33.3 Å². The molecule has 44 heavy (non-hydrogen) atoms. The first-order chi connectivity index (χ1) is 20.6. The lowest BCUT2D eigenvalue weighted by Crippen LogP contribution is -2.66. The summed E-state index contributed by atoms with van der Waals surface area (Å²) in [7, 11) is 0. The highest BCUT2D eigenvalue weighted by atomic mass is 16.7. The molecule has 5 rings (SSSR count). The Bertz CT molecular complexity index is 1180. The van der Waals surface area contributed by atoms with Crippen molar-refractivity contribution in [2.24, 2.45) is 56.7 Å². The van der Waals surface area contributed by atoms with Gasteiger partial charge in [-0.1, -0.05) is 53.2 Å². The van der Waals surface area contributed by atoms with Crippen molar-refractivity contribution in [2.75, 3.05) is 20.0 Å². The molecule has 0 amide bonds. The minimum atomic E-state index is -0.483. The number of allylic oxidation sites excluding steroid dienone is 2. The van der Waals surface area contributed by atoms with Gasteiger partial charge in [-0.15, -0.1) is 0 Å². The third-order valence-electron chi connectivity index (χ3n) is 14.5. The van der Waals surface area contributed by atoms with Gasteiger partial charge in [0.25, 0.3) is 0 Å². The Balaban J connectivity index is 1.54. The van der Waals surface area contributed by atoms with Crippen molar-refractivity contribution < 1.29 is 33.3 Å². The number of rotatable bonds is 7. The fraction of sp³-hybridized carbons (Fsp3) is 0.865. The molecule has 4 saturated carbocycles. The van der Waals surface area contributed by atoms with Crippen LogP contribution in [0, 0.1) is 56.7 Å². The van der Waals surface area contributed by atoms with Crippen molar-refractivity contribution in [3.8, 4) is 0 Å². The van der Waals surface area contributed by atoms with Crippen molar-refractivity contribution in [1.29, 1.82) is 0 Å². The van der Waals surface area contributed by atoms with E-state index in [0.717, 1.165) is 57.8 Å². The molecule has 0 N–H and O–H groups in total. The van der Waals surface area contributed by atoms with E-state index in [-0.39, 0.29) is 65.5 Å². The Hall–Kier alpha value is -1.89. The van der Waals surface area contributed by atoms with Crippen LogP contribution < -0.4 is 0 Å². The number of carbonyl (C=O) groups is 3. The van der Waals surface area contributed by atoms with Crippen molar-refractivity contribution in [3.05, 3.63) is 11.6 Å². The van der Waals surface area contributed by atoms with Crippen molar-refractivity contribution in [1.82, 2.24) is 0 Å². The first kappa shape index (κ1) is 33.5. The number of carbonyl (C=O) groups excluding carboxylic acids is 3. The van der Waals surface area contributed by atoms with E-state index < -0.39 is 10.8 Å². The van der Waals surface area contributed by atoms with Gasteiger partial charge in [0, 0.05) is 25.9 Å². The highest BCUT2D eigenvalue weighted by Gasteiger charge is 2.70. The Kier molecular flexibility index (Phi) is 8.92. The molecule has 0 saturated heterocycles. The van der Waals surface area contributed by atoms with Crippen LogP contribution in [0.2, 0.25) is 0 Å². The van der Waals surface area contributed by atoms with Crippen LogP contribution in [0.3, 0.4) is 0 Å². The number of fused-ring (bicyclic) bond motifs is 7. The van der Waals surface area contributed by atoms with Gasteiger partial charge in [0.2, 0.25) is 0 Å². The normalized spacial score (nSPS) is 46.2. The maximum atomic E-state index is 13.9. The van der Waals surface area contributed by atoms with Gasteiger partial charge in [0.1, 0.15) is 12.7 Å². The second kappa shape index (κ2) is 11.7. The van der Waals surface area contributed by atoms with Crippen molar-refractivity contribution in [3.63, 3.8) is 0 Å². The number of hydrogen-bond acceptors (Lipinski definition) is 7. The first-order valence-electron chi connectivity index (χ1n) is 17.4. The van der Waals surface area contributed by atoms with Crippen LogP contribution in [0.1, 0.15) is 120 Å². The highest BCUT2D eigenvalue weighted by Crippen LogP contribution is 2.76. The maximum Gasteiger partial charge on any atom is 0.314 e. The average Bonchev–Trinajstić information content (AvgIpc) is 2.96. The van der Waals surface area contributed by atoms with Crippen LogP contribution in [0.15, 0.2) is 11.6 Å². The molecule has 5 aliphatic rings. The van der Waals surface area contributed by atoms with E-state index in [4.69, 9.17) is 18.9 Å². The van der Waals surface area contributed by atoms with Crippen LogP contribution in [-0.4, -0.2) is 44.0 Å². The Morgan fingerprint density at radius 3 is 2.25 bits per heavy atom. The van der Waals surface area contributed by atoms with E-state index in [0.29, 0.717) is 24.4 Å². The summed E-state index contributed by atoms with van der Waals surface area (Å²) < 4.78 is 23.0. The summed E-state index contributed by atoms with van der Waals surface area (Å²) in [6.45, 7) is 20.1. The van der Waals surface area contributed by atoms with E-state index in [1.54, 1.807) is 0 Å². The lowest BCUT2D eigenvalue weighted by molar-refractivity contribution is -0.227. The zero-order valence-electron chi connectivity index (χ0n) is 28.9. The second-order valence-corrected chi connectivity index (χ2v) is 16.3. The summed E-state index contributed by atoms with van der Waals surface area (Å²) in [6.07, 6.45) is 10.9. The minimum absolute atomic E-state index is 0.0000182. The molecule has 5 aliphatic carbocycles. The molecule has 0 aromatic carbocycles. The van der Waals surface area contributed by atoms with Gasteiger partial charge in [-0.2, -0.15) is 0 Å². The standard InChI is InChI=1S/C37H58O7/c1-10-41-22-43-32(40)37-18-13-23(2)24(3)31(37)27-11-12-29-33(6)16-15-30(44-26(5)39)34(7,21-42-25(4)38)28(33)14-17-36(29,9)35(27,8)19-20-37/h11,23-24,28-31H,10,12-22H2,1-9H3/t23-,24+,28-,29-,30+,31+,33+,34+,35-,36-,37+/m1/s1. The largest absolute Gasteiger partial charge is 0.465 e. The lowest BCUT2D eigenvalue weighted by Gasteiger charge is -2.71. The molecule has 248 valence electrons. The summed E-state index contributed by atoms with van der Waals surface area (Å²) >= 11 is 0. The third kappa shape index (κ3) is 4.88. The lowest BCUT2D eigenvalue weighted by atomic mass is 9.33. The summed E-state index contributed by atoms with van der Waals surface area (Å²) in [5.41, 5.74) is 0.607. The molecule has 0 aliphatic heterocycles. The van der Waals surface area contributed by atoms with Gasteiger partial charge in [-0.25, -0.2) is 0 Å². The van der Waals surface area contributed by atoms with Gasteiger partial charge in [-0.05, 0) is 111 Å². The molecule has 0 heterocycles. The maximum absolute atomic E-state index is 13.9. The van der Waals surface area contributed by atoms with E-state index in [1.165, 1.54) is 19.4 Å². The average molecular weight is 615 g/mol. The Labute approximate surface area is 265 Å². The number of esters is 3. The molecular formula is C37H58O7. The molecular weight excluding hydrogens is 556 g/mol. The van der Waals surface area contributed by atoms with Gasteiger partial charge in [0.05, 0.1) is 5.41 Å². The van der Waals surface area contributed by atoms with E-state index in [1.807, 2.05) is 6.92 Å². The zero-order chi connectivity index (χ0) is 32.3. The van der Waals surface area contributed by atoms with E-state index in [9.17, 15) is 14.4 Å². The minimum Gasteiger partial charge on any atom is -0.465 e. The Morgan fingerprint density at radius 2 is 1.59 bits per heavy atom. The quantitative estimate of drug-likeness (QED) is 0.0957. The van der Waals surface area contributed by atoms with Gasteiger partial charge >= 0.3 is 17.9 Å². The molecule has 0 unspecified atom stereocenters. The summed E-state index contributed by atoms with van der Waals surface area (Å²) in [6, 6.07) is 0. The van der Waals surface area contributed by atoms with E-state index in [2.05, 4.69) is 47.6 Å². The summed E-state index contributed by atoms with van der Waals surface area (Å²) in [5.74, 6) is 1.19. The fourth-order valence-corrected chi connectivity index (χ4v) is 11.8. The molecule has 0 radical (unpaired) electrons. The highest BCUT2D eigenvalue weighted by molar-refractivity contribution is 5.78. The summed E-state index contributed by atoms with van der Waals surface area (Å²) in [5, 5.41) is 0. The van der Waals surface area contributed by atoms with Crippen LogP contribution >= 0.6 is 0 Å². The van der Waals surface area contributed by atoms with Crippen LogP contribution in [0.25, 0.3) is 0 Å². The topological polar surface area (TPSA) is 88.1 Å². The Morgan fingerprint density at radius 1 is 0.864 bits per heavy atom. The van der Waals surface area contributed by atoms with Gasteiger partial charge in [-0.3, -0.25) is 14.4 Å². The molecule has 0 spiro atoms. The first-order valence-corrected chi connectivity index (χ1v) is 17.4. The number of ether oxygens (including phenoxy) is 4. The van der Waals surface area contributed by atoms with Gasteiger partial charge in [0.15, 0.2) is 6.79 Å². The monoisotopic (exact) mass is 614 g/mol. The molecule has 11 atom stereocenters. The second-order valence-electron chi connectivity index (χ2n) is 16.3. The molecule has 7 nitrogen and oxygen atoms in total. The summed E-state index contributed by atoms with van der Waals surface area (Å²) in [4.78, 5) is 38.2. The fourth-order valence-electron chi connectivity index (χ4n) is 11.8. The third-order valence-corrected chi connectivity index (χ3v) is 14.5. The molecule has 0 aromatic heterocycles. The van der Waals surface area contributed by atoms with E-state index >= 15 is 0 Å². The number of hydrogen-bond donors (Lipinski definition) is 0.